The highest BCUT2D eigenvalue weighted by Gasteiger charge is 2.30. The van der Waals surface area contributed by atoms with Gasteiger partial charge in [0.25, 0.3) is 5.91 Å². The Kier molecular flexibility index (Phi) is 5.94. The molecule has 0 saturated carbocycles. The minimum atomic E-state index is -3.53. The van der Waals surface area contributed by atoms with E-state index in [1.807, 2.05) is 25.1 Å². The number of piperazine rings is 1. The molecule has 0 aliphatic carbocycles. The maximum Gasteiger partial charge on any atom is 0.254 e. The van der Waals surface area contributed by atoms with Crippen molar-refractivity contribution in [2.24, 2.45) is 0 Å². The van der Waals surface area contributed by atoms with Crippen molar-refractivity contribution < 1.29 is 17.9 Å². The molecule has 1 heterocycles. The van der Waals surface area contributed by atoms with E-state index in [9.17, 15) is 13.2 Å². The van der Waals surface area contributed by atoms with E-state index in [0.717, 1.165) is 11.1 Å². The molecule has 1 saturated heterocycles. The number of benzene rings is 2. The quantitative estimate of drug-likeness (QED) is 0.788. The monoisotopic (exact) mass is 388 g/mol. The smallest absolute Gasteiger partial charge is 0.254 e. The Bertz CT molecular complexity index is 902. The molecular formula is C20H24N2O4S. The van der Waals surface area contributed by atoms with E-state index < -0.39 is 10.0 Å². The van der Waals surface area contributed by atoms with E-state index >= 15 is 0 Å². The Hall–Kier alpha value is -2.22. The zero-order valence-electron chi connectivity index (χ0n) is 15.6. The third-order valence-electron chi connectivity index (χ3n) is 4.73. The van der Waals surface area contributed by atoms with Crippen molar-refractivity contribution in [3.05, 3.63) is 65.2 Å². The van der Waals surface area contributed by atoms with Gasteiger partial charge in [0.1, 0.15) is 0 Å². The minimum absolute atomic E-state index is 0.0879. The molecule has 1 aliphatic heterocycles. The van der Waals surface area contributed by atoms with Gasteiger partial charge in [-0.1, -0.05) is 35.9 Å². The Morgan fingerprint density at radius 3 is 2.26 bits per heavy atom. The van der Waals surface area contributed by atoms with Crippen LogP contribution >= 0.6 is 0 Å². The summed E-state index contributed by atoms with van der Waals surface area (Å²) in [6.07, 6.45) is 0. The molecule has 27 heavy (non-hydrogen) atoms. The second-order valence-corrected chi connectivity index (χ2v) is 8.54. The number of hydrogen-bond donors (Lipinski definition) is 0. The van der Waals surface area contributed by atoms with Gasteiger partial charge >= 0.3 is 0 Å². The summed E-state index contributed by atoms with van der Waals surface area (Å²) in [5, 5.41) is 0. The number of amides is 1. The third-order valence-corrected chi connectivity index (χ3v) is 6.65. The number of nitrogens with zero attached hydrogens (tertiary/aromatic N) is 2. The first-order valence-corrected chi connectivity index (χ1v) is 10.3. The minimum Gasteiger partial charge on any atom is -0.380 e. The van der Waals surface area contributed by atoms with Crippen LogP contribution in [0, 0.1) is 6.92 Å². The van der Waals surface area contributed by atoms with Crippen LogP contribution in [-0.2, 0) is 21.4 Å². The fourth-order valence-corrected chi connectivity index (χ4v) is 4.59. The van der Waals surface area contributed by atoms with Crippen molar-refractivity contribution in [1.82, 2.24) is 9.21 Å². The highest BCUT2D eigenvalue weighted by atomic mass is 32.2. The largest absolute Gasteiger partial charge is 0.380 e. The van der Waals surface area contributed by atoms with Crippen molar-refractivity contribution in [2.75, 3.05) is 33.3 Å². The van der Waals surface area contributed by atoms with E-state index in [4.69, 9.17) is 4.74 Å². The zero-order valence-corrected chi connectivity index (χ0v) is 16.4. The van der Waals surface area contributed by atoms with Gasteiger partial charge in [-0.15, -0.1) is 0 Å². The van der Waals surface area contributed by atoms with Crippen LogP contribution in [0.25, 0.3) is 0 Å². The van der Waals surface area contributed by atoms with Crippen molar-refractivity contribution in [1.29, 1.82) is 0 Å². The standard InChI is InChI=1S/C20H24N2O4S/c1-16-7-9-18(10-8-16)27(24,25)22-13-11-21(12-14-22)20(23)19-6-4-3-5-17(19)15-26-2/h3-10H,11-15H2,1-2H3. The lowest BCUT2D eigenvalue weighted by atomic mass is 10.1. The Balaban J connectivity index is 1.70. The van der Waals surface area contributed by atoms with Gasteiger partial charge in [0.15, 0.2) is 0 Å². The molecule has 3 rings (SSSR count). The van der Waals surface area contributed by atoms with Crippen LogP contribution in [-0.4, -0.2) is 56.8 Å². The van der Waals surface area contributed by atoms with Crippen molar-refractivity contribution in [2.45, 2.75) is 18.4 Å². The van der Waals surface area contributed by atoms with Gasteiger partial charge in [-0.25, -0.2) is 8.42 Å². The molecule has 7 heteroatoms. The van der Waals surface area contributed by atoms with Crippen LogP contribution in [0.3, 0.4) is 0 Å². The summed E-state index contributed by atoms with van der Waals surface area (Å²) in [4.78, 5) is 14.9. The van der Waals surface area contributed by atoms with Gasteiger partial charge in [0.05, 0.1) is 11.5 Å². The maximum absolute atomic E-state index is 12.9. The average molecular weight is 388 g/mol. The number of rotatable bonds is 5. The summed E-state index contributed by atoms with van der Waals surface area (Å²) in [7, 11) is -1.94. The molecule has 0 aromatic heterocycles. The number of ether oxygens (including phenoxy) is 1. The van der Waals surface area contributed by atoms with Crippen molar-refractivity contribution in [3.8, 4) is 0 Å². The summed E-state index contributed by atoms with van der Waals surface area (Å²) < 4.78 is 32.2. The molecule has 0 spiro atoms. The Morgan fingerprint density at radius 1 is 1.00 bits per heavy atom. The number of methoxy groups -OCH3 is 1. The molecule has 1 fully saturated rings. The fraction of sp³-hybridized carbons (Fsp3) is 0.350. The van der Waals surface area contributed by atoms with Gasteiger partial charge in [-0.2, -0.15) is 4.31 Å². The topological polar surface area (TPSA) is 66.9 Å². The lowest BCUT2D eigenvalue weighted by Gasteiger charge is -2.34. The van der Waals surface area contributed by atoms with E-state index in [0.29, 0.717) is 30.2 Å². The van der Waals surface area contributed by atoms with Crippen molar-refractivity contribution in [3.63, 3.8) is 0 Å². The molecule has 1 amide bonds. The number of aryl methyl sites for hydroxylation is 1. The lowest BCUT2D eigenvalue weighted by Crippen LogP contribution is -2.50. The van der Waals surface area contributed by atoms with E-state index in [-0.39, 0.29) is 19.0 Å². The Labute approximate surface area is 160 Å². The number of carbonyl (C=O) groups is 1. The molecule has 0 unspecified atom stereocenters. The molecule has 2 aromatic carbocycles. The first kappa shape index (κ1) is 19.5. The molecule has 144 valence electrons. The zero-order chi connectivity index (χ0) is 19.4. The average Bonchev–Trinajstić information content (AvgIpc) is 2.68. The maximum atomic E-state index is 12.9. The molecular weight excluding hydrogens is 364 g/mol. The Morgan fingerprint density at radius 2 is 1.63 bits per heavy atom. The molecule has 1 aliphatic rings. The number of carbonyl (C=O) groups excluding carboxylic acids is 1. The van der Waals surface area contributed by atoms with Crippen LogP contribution < -0.4 is 0 Å². The van der Waals surface area contributed by atoms with E-state index in [1.165, 1.54) is 4.31 Å². The predicted octanol–water partition coefficient (Wildman–Crippen LogP) is 2.29. The summed E-state index contributed by atoms with van der Waals surface area (Å²) in [5.41, 5.74) is 2.45. The molecule has 0 N–H and O–H groups in total. The number of hydrogen-bond acceptors (Lipinski definition) is 4. The summed E-state index contributed by atoms with van der Waals surface area (Å²) in [6, 6.07) is 14.2. The summed E-state index contributed by atoms with van der Waals surface area (Å²) >= 11 is 0. The van der Waals surface area contributed by atoms with Gasteiger partial charge < -0.3 is 9.64 Å². The molecule has 0 bridgehead atoms. The highest BCUT2D eigenvalue weighted by Crippen LogP contribution is 2.20. The van der Waals surface area contributed by atoms with E-state index in [1.54, 1.807) is 42.3 Å². The predicted molar refractivity (Wildman–Crippen MR) is 103 cm³/mol. The van der Waals surface area contributed by atoms with E-state index in [2.05, 4.69) is 0 Å². The normalized spacial score (nSPS) is 15.7. The van der Waals surface area contributed by atoms with Crippen LogP contribution in [0.5, 0.6) is 0 Å². The van der Waals surface area contributed by atoms with Gasteiger partial charge in [0, 0.05) is 38.9 Å². The molecule has 2 aromatic rings. The first-order valence-electron chi connectivity index (χ1n) is 8.86. The van der Waals surface area contributed by atoms with Gasteiger partial charge in [0.2, 0.25) is 10.0 Å². The highest BCUT2D eigenvalue weighted by molar-refractivity contribution is 7.89. The van der Waals surface area contributed by atoms with Crippen LogP contribution in [0.4, 0.5) is 0 Å². The van der Waals surface area contributed by atoms with Crippen molar-refractivity contribution >= 4 is 15.9 Å². The van der Waals surface area contributed by atoms with Gasteiger partial charge in [-0.3, -0.25) is 4.79 Å². The molecule has 0 radical (unpaired) electrons. The second-order valence-electron chi connectivity index (χ2n) is 6.60. The summed E-state index contributed by atoms with van der Waals surface area (Å²) in [5.74, 6) is -0.0879. The molecule has 0 atom stereocenters. The number of sulfonamides is 1. The first-order chi connectivity index (χ1) is 12.9. The molecule has 6 nitrogen and oxygen atoms in total. The van der Waals surface area contributed by atoms with Crippen LogP contribution in [0.15, 0.2) is 53.4 Å². The summed E-state index contributed by atoms with van der Waals surface area (Å²) in [6.45, 7) is 3.59. The second kappa shape index (κ2) is 8.21. The third kappa shape index (κ3) is 4.21. The van der Waals surface area contributed by atoms with Crippen LogP contribution in [0.1, 0.15) is 21.5 Å². The SMILES string of the molecule is COCc1ccccc1C(=O)N1CCN(S(=O)(=O)c2ccc(C)cc2)CC1. The van der Waals surface area contributed by atoms with Crippen LogP contribution in [0.2, 0.25) is 0 Å². The lowest BCUT2D eigenvalue weighted by molar-refractivity contribution is 0.0693. The fourth-order valence-electron chi connectivity index (χ4n) is 3.17. The van der Waals surface area contributed by atoms with Gasteiger partial charge in [-0.05, 0) is 30.7 Å².